The van der Waals surface area contributed by atoms with Crippen molar-refractivity contribution in [1.29, 1.82) is 0 Å². The van der Waals surface area contributed by atoms with Gasteiger partial charge in [0.25, 0.3) is 0 Å². The van der Waals surface area contributed by atoms with Crippen LogP contribution in [0.15, 0.2) is 23.6 Å². The molecule has 1 aromatic carbocycles. The van der Waals surface area contributed by atoms with E-state index in [1.165, 1.54) is 11.4 Å². The van der Waals surface area contributed by atoms with Crippen LogP contribution in [0.3, 0.4) is 0 Å². The summed E-state index contributed by atoms with van der Waals surface area (Å²) in [4.78, 5) is 11.6. The first-order valence-corrected chi connectivity index (χ1v) is 5.24. The molecular formula is C10H6F2N2OS. The lowest BCUT2D eigenvalue weighted by molar-refractivity contribution is 0.0987. The molecule has 0 aliphatic carbocycles. The maximum absolute atomic E-state index is 13.2. The number of ketones is 1. The molecular weight excluding hydrogens is 234 g/mol. The van der Waals surface area contributed by atoms with Crippen LogP contribution < -0.4 is 0 Å². The van der Waals surface area contributed by atoms with Crippen molar-refractivity contribution in [1.82, 2.24) is 9.59 Å². The number of carbonyl (C=O) groups excluding carboxylic acids is 1. The van der Waals surface area contributed by atoms with Gasteiger partial charge >= 0.3 is 0 Å². The predicted molar refractivity (Wildman–Crippen MR) is 54.3 cm³/mol. The predicted octanol–water partition coefficient (Wildman–Crippen LogP) is 2.24. The van der Waals surface area contributed by atoms with E-state index in [2.05, 4.69) is 9.59 Å². The van der Waals surface area contributed by atoms with Crippen LogP contribution in [0, 0.1) is 11.6 Å². The summed E-state index contributed by atoms with van der Waals surface area (Å²) in [6, 6.07) is 3.12. The number of hydrogen-bond donors (Lipinski definition) is 0. The van der Waals surface area contributed by atoms with Crippen molar-refractivity contribution >= 4 is 17.3 Å². The number of carbonyl (C=O) groups is 1. The first-order valence-electron chi connectivity index (χ1n) is 4.41. The maximum atomic E-state index is 13.2. The largest absolute Gasteiger partial charge is 0.292 e. The zero-order valence-electron chi connectivity index (χ0n) is 7.98. The van der Waals surface area contributed by atoms with Crippen molar-refractivity contribution in [2.75, 3.05) is 0 Å². The van der Waals surface area contributed by atoms with Crippen LogP contribution in [-0.2, 0) is 6.42 Å². The van der Waals surface area contributed by atoms with Crippen LogP contribution in [0.4, 0.5) is 8.78 Å². The van der Waals surface area contributed by atoms with E-state index in [4.69, 9.17) is 0 Å². The van der Waals surface area contributed by atoms with Gasteiger partial charge in [-0.15, -0.1) is 5.10 Å². The van der Waals surface area contributed by atoms with Crippen LogP contribution in [0.2, 0.25) is 0 Å². The second-order valence-corrected chi connectivity index (χ2v) is 3.74. The Morgan fingerprint density at radius 3 is 2.81 bits per heavy atom. The summed E-state index contributed by atoms with van der Waals surface area (Å²) in [5, 5.41) is 5.07. The van der Waals surface area contributed by atoms with E-state index in [1.54, 1.807) is 0 Å². The first kappa shape index (κ1) is 10.8. The Morgan fingerprint density at radius 1 is 1.38 bits per heavy atom. The third-order valence-corrected chi connectivity index (χ3v) is 2.52. The molecule has 1 aromatic heterocycles. The molecule has 0 saturated heterocycles. The fourth-order valence-corrected chi connectivity index (χ4v) is 1.68. The van der Waals surface area contributed by atoms with Gasteiger partial charge in [-0.3, -0.25) is 4.79 Å². The summed E-state index contributed by atoms with van der Waals surface area (Å²) in [6.07, 6.45) is -0.141. The fourth-order valence-electron chi connectivity index (χ4n) is 1.21. The van der Waals surface area contributed by atoms with Gasteiger partial charge in [-0.2, -0.15) is 0 Å². The standard InChI is InChI=1S/C10H6F2N2OS/c11-7-2-1-6(8(12)4-7)3-10(15)9-5-16-14-13-9/h1-2,4-5H,3H2. The second kappa shape index (κ2) is 4.44. The van der Waals surface area contributed by atoms with Crippen LogP contribution >= 0.6 is 11.5 Å². The van der Waals surface area contributed by atoms with Crippen molar-refractivity contribution in [2.24, 2.45) is 0 Å². The normalized spacial score (nSPS) is 10.4. The van der Waals surface area contributed by atoms with E-state index >= 15 is 0 Å². The third kappa shape index (κ3) is 2.27. The average molecular weight is 240 g/mol. The molecule has 0 aliphatic heterocycles. The van der Waals surface area contributed by atoms with Crippen LogP contribution in [0.25, 0.3) is 0 Å². The highest BCUT2D eigenvalue weighted by molar-refractivity contribution is 7.03. The molecule has 0 aliphatic rings. The Bertz CT molecular complexity index is 514. The second-order valence-electron chi connectivity index (χ2n) is 3.13. The summed E-state index contributed by atoms with van der Waals surface area (Å²) in [5.41, 5.74) is 0.355. The number of aromatic nitrogens is 2. The summed E-state index contributed by atoms with van der Waals surface area (Å²) in [7, 11) is 0. The van der Waals surface area contributed by atoms with Gasteiger partial charge in [0.2, 0.25) is 0 Å². The number of nitrogens with zero attached hydrogens (tertiary/aromatic N) is 2. The minimum Gasteiger partial charge on any atom is -0.292 e. The lowest BCUT2D eigenvalue weighted by Crippen LogP contribution is -2.06. The molecule has 0 N–H and O–H groups in total. The molecule has 2 aromatic rings. The molecule has 0 atom stereocenters. The number of halogens is 2. The summed E-state index contributed by atoms with van der Waals surface area (Å²) >= 11 is 1.05. The van der Waals surface area contributed by atoms with E-state index in [-0.39, 0.29) is 23.5 Å². The zero-order chi connectivity index (χ0) is 11.5. The highest BCUT2D eigenvalue weighted by atomic mass is 32.1. The van der Waals surface area contributed by atoms with Gasteiger partial charge in [0, 0.05) is 17.9 Å². The summed E-state index contributed by atoms with van der Waals surface area (Å²) in [5.74, 6) is -1.72. The highest BCUT2D eigenvalue weighted by Crippen LogP contribution is 2.12. The van der Waals surface area contributed by atoms with Gasteiger partial charge in [0.05, 0.1) is 0 Å². The summed E-state index contributed by atoms with van der Waals surface area (Å²) < 4.78 is 29.4. The van der Waals surface area contributed by atoms with E-state index in [1.807, 2.05) is 0 Å². The zero-order valence-corrected chi connectivity index (χ0v) is 8.80. The van der Waals surface area contributed by atoms with E-state index in [0.717, 1.165) is 23.7 Å². The van der Waals surface area contributed by atoms with E-state index < -0.39 is 11.6 Å². The Hall–Kier alpha value is -1.69. The van der Waals surface area contributed by atoms with Crippen molar-refractivity contribution in [3.05, 3.63) is 46.5 Å². The topological polar surface area (TPSA) is 42.9 Å². The smallest absolute Gasteiger partial charge is 0.188 e. The number of rotatable bonds is 3. The molecule has 16 heavy (non-hydrogen) atoms. The quantitative estimate of drug-likeness (QED) is 0.773. The molecule has 0 unspecified atom stereocenters. The van der Waals surface area contributed by atoms with Crippen molar-refractivity contribution < 1.29 is 13.6 Å². The Morgan fingerprint density at radius 2 is 2.19 bits per heavy atom. The molecule has 3 nitrogen and oxygen atoms in total. The molecule has 6 heteroatoms. The minimum absolute atomic E-state index is 0.141. The first-order chi connectivity index (χ1) is 7.66. The monoisotopic (exact) mass is 240 g/mol. The third-order valence-electron chi connectivity index (χ3n) is 2.01. The lowest BCUT2D eigenvalue weighted by Gasteiger charge is -2.00. The van der Waals surface area contributed by atoms with Crippen molar-refractivity contribution in [3.8, 4) is 0 Å². The Balaban J connectivity index is 2.18. The van der Waals surface area contributed by atoms with E-state index in [9.17, 15) is 13.6 Å². The Kier molecular flexibility index (Phi) is 3.00. The SMILES string of the molecule is O=C(Cc1ccc(F)cc1F)c1csnn1. The lowest BCUT2D eigenvalue weighted by atomic mass is 10.1. The average Bonchev–Trinajstić information content (AvgIpc) is 2.75. The summed E-state index contributed by atoms with van der Waals surface area (Å²) in [6.45, 7) is 0. The van der Waals surface area contributed by atoms with E-state index in [0.29, 0.717) is 0 Å². The molecule has 0 amide bonds. The Labute approximate surface area is 93.9 Å². The molecule has 0 spiro atoms. The minimum atomic E-state index is -0.725. The van der Waals surface area contributed by atoms with Gasteiger partial charge < -0.3 is 0 Å². The van der Waals surface area contributed by atoms with Gasteiger partial charge in [-0.25, -0.2) is 8.78 Å². The molecule has 0 fully saturated rings. The highest BCUT2D eigenvalue weighted by Gasteiger charge is 2.13. The molecule has 1 heterocycles. The van der Waals surface area contributed by atoms with Gasteiger partial charge in [-0.05, 0) is 23.2 Å². The number of Topliss-reactive ketones (excluding diaryl/α,β-unsaturated/α-hetero) is 1. The number of hydrogen-bond acceptors (Lipinski definition) is 4. The molecule has 2 rings (SSSR count). The van der Waals surface area contributed by atoms with Crippen LogP contribution in [0.5, 0.6) is 0 Å². The molecule has 82 valence electrons. The van der Waals surface area contributed by atoms with Crippen LogP contribution in [0.1, 0.15) is 16.1 Å². The van der Waals surface area contributed by atoms with Crippen molar-refractivity contribution in [3.63, 3.8) is 0 Å². The molecule has 0 saturated carbocycles. The van der Waals surface area contributed by atoms with Crippen molar-refractivity contribution in [2.45, 2.75) is 6.42 Å². The molecule has 0 radical (unpaired) electrons. The van der Waals surface area contributed by atoms with Crippen LogP contribution in [-0.4, -0.2) is 15.4 Å². The fraction of sp³-hybridized carbons (Fsp3) is 0.100. The van der Waals surface area contributed by atoms with Gasteiger partial charge in [-0.1, -0.05) is 10.6 Å². The van der Waals surface area contributed by atoms with Gasteiger partial charge in [0.1, 0.15) is 17.3 Å². The van der Waals surface area contributed by atoms with Gasteiger partial charge in [0.15, 0.2) is 5.78 Å². The maximum Gasteiger partial charge on any atom is 0.188 e. The molecule has 0 bridgehead atoms. The number of benzene rings is 1.